The van der Waals surface area contributed by atoms with Crippen LogP contribution in [0.25, 0.3) is 11.0 Å². The number of benzene rings is 2. The van der Waals surface area contributed by atoms with Gasteiger partial charge in [0.1, 0.15) is 0 Å². The average Bonchev–Trinajstić information content (AvgIpc) is 2.80. The van der Waals surface area contributed by atoms with Crippen LogP contribution in [-0.4, -0.2) is 29.3 Å². The van der Waals surface area contributed by atoms with Gasteiger partial charge in [-0.15, -0.1) is 0 Å². The van der Waals surface area contributed by atoms with Crippen molar-refractivity contribution in [3.8, 4) is 0 Å². The number of nitrogens with zero attached hydrogens (tertiary/aromatic N) is 3. The fourth-order valence-corrected chi connectivity index (χ4v) is 5.26. The van der Waals surface area contributed by atoms with E-state index in [9.17, 15) is 13.2 Å². The molecule has 1 N–H and O–H groups in total. The Morgan fingerprint density at radius 2 is 1.65 bits per heavy atom. The van der Waals surface area contributed by atoms with E-state index in [0.29, 0.717) is 38.6 Å². The summed E-state index contributed by atoms with van der Waals surface area (Å²) in [6.45, 7) is 3.70. The number of sulfone groups is 1. The molecule has 174 valence electrons. The minimum absolute atomic E-state index is 0.0909. The number of carbonyl (C=O) groups excluding carboxylic acids is 1. The van der Waals surface area contributed by atoms with Gasteiger partial charge in [0, 0.05) is 11.8 Å². The summed E-state index contributed by atoms with van der Waals surface area (Å²) >= 11 is 12.2. The van der Waals surface area contributed by atoms with Crippen molar-refractivity contribution in [3.05, 3.63) is 87.8 Å². The van der Waals surface area contributed by atoms with Crippen LogP contribution in [0.2, 0.25) is 10.0 Å². The van der Waals surface area contributed by atoms with E-state index < -0.39 is 9.84 Å². The molecule has 0 atom stereocenters. The van der Waals surface area contributed by atoms with Gasteiger partial charge in [-0.3, -0.25) is 9.78 Å². The van der Waals surface area contributed by atoms with Crippen LogP contribution in [-0.2, 0) is 15.6 Å². The first-order valence-corrected chi connectivity index (χ1v) is 12.7. The van der Waals surface area contributed by atoms with Crippen LogP contribution in [0.3, 0.4) is 0 Å². The molecule has 0 fully saturated rings. The number of carbonyl (C=O) groups is 1. The van der Waals surface area contributed by atoms with Crippen molar-refractivity contribution in [1.82, 2.24) is 15.0 Å². The van der Waals surface area contributed by atoms with Crippen molar-refractivity contribution in [3.63, 3.8) is 0 Å². The summed E-state index contributed by atoms with van der Waals surface area (Å²) in [7, 11) is -3.84. The summed E-state index contributed by atoms with van der Waals surface area (Å²) in [5, 5.41) is 3.24. The number of pyridine rings is 1. The topological polar surface area (TPSA) is 102 Å². The Kier molecular flexibility index (Phi) is 6.84. The number of nitrogens with one attached hydrogen (secondary N) is 1. The van der Waals surface area contributed by atoms with Crippen molar-refractivity contribution >= 4 is 55.7 Å². The number of hydrogen-bond donors (Lipinski definition) is 1. The summed E-state index contributed by atoms with van der Waals surface area (Å²) < 4.78 is 26.7. The third-order valence-electron chi connectivity index (χ3n) is 5.03. The number of fused-ring (bicyclic) bond motifs is 1. The molecule has 2 heterocycles. The van der Waals surface area contributed by atoms with Crippen LogP contribution in [0.4, 0.5) is 5.69 Å². The molecule has 0 saturated carbocycles. The van der Waals surface area contributed by atoms with E-state index in [1.54, 1.807) is 48.7 Å². The molecule has 2 aromatic heterocycles. The molecule has 0 radical (unpaired) electrons. The number of aromatic nitrogens is 3. The summed E-state index contributed by atoms with van der Waals surface area (Å²) in [5.74, 6) is -0.797. The van der Waals surface area contributed by atoms with Crippen LogP contribution in [0.5, 0.6) is 0 Å². The van der Waals surface area contributed by atoms with Gasteiger partial charge in [0.15, 0.2) is 5.03 Å². The number of hydrogen-bond acceptors (Lipinski definition) is 6. The van der Waals surface area contributed by atoms with Crippen LogP contribution in [0.1, 0.15) is 41.4 Å². The molecule has 4 aromatic rings. The third-order valence-corrected chi connectivity index (χ3v) is 7.36. The van der Waals surface area contributed by atoms with E-state index >= 15 is 0 Å². The molecule has 0 unspecified atom stereocenters. The molecule has 4 rings (SSSR count). The normalized spacial score (nSPS) is 11.7. The minimum atomic E-state index is -3.84. The first-order valence-electron chi connectivity index (χ1n) is 10.3. The van der Waals surface area contributed by atoms with Crippen LogP contribution < -0.4 is 5.32 Å². The van der Waals surface area contributed by atoms with Gasteiger partial charge >= 0.3 is 0 Å². The maximum Gasteiger partial charge on any atom is 0.255 e. The van der Waals surface area contributed by atoms with Gasteiger partial charge < -0.3 is 5.32 Å². The summed E-state index contributed by atoms with van der Waals surface area (Å²) in [5.41, 5.74) is 2.66. The SMILES string of the molecule is CC(C)c1nc2cc(Cl)c(Cl)cc2nc1S(=O)(=O)Cc1ccc(C(=O)Nc2cccnc2)cc1. The molecule has 0 saturated heterocycles. The Balaban J connectivity index is 1.62. The van der Waals surface area contributed by atoms with Crippen molar-refractivity contribution < 1.29 is 13.2 Å². The highest BCUT2D eigenvalue weighted by molar-refractivity contribution is 7.90. The molecule has 34 heavy (non-hydrogen) atoms. The first kappa shape index (κ1) is 24.1. The number of amides is 1. The summed E-state index contributed by atoms with van der Waals surface area (Å²) in [4.78, 5) is 25.3. The maximum absolute atomic E-state index is 13.3. The first-order chi connectivity index (χ1) is 16.1. The van der Waals surface area contributed by atoms with E-state index in [2.05, 4.69) is 20.3 Å². The van der Waals surface area contributed by atoms with E-state index in [-0.39, 0.29) is 27.6 Å². The molecule has 0 spiro atoms. The largest absolute Gasteiger partial charge is 0.321 e. The molecule has 2 aromatic carbocycles. The Hall–Kier alpha value is -3.07. The second kappa shape index (κ2) is 9.66. The van der Waals surface area contributed by atoms with Gasteiger partial charge in [-0.2, -0.15) is 0 Å². The van der Waals surface area contributed by atoms with Crippen molar-refractivity contribution in [1.29, 1.82) is 0 Å². The van der Waals surface area contributed by atoms with Gasteiger partial charge in [0.05, 0.1) is 44.4 Å². The van der Waals surface area contributed by atoms with Crippen LogP contribution in [0.15, 0.2) is 66.0 Å². The van der Waals surface area contributed by atoms with E-state index in [1.807, 2.05) is 13.8 Å². The number of anilines is 1. The third kappa shape index (κ3) is 5.19. The van der Waals surface area contributed by atoms with Crippen molar-refractivity contribution in [2.45, 2.75) is 30.5 Å². The predicted octanol–water partition coefficient (Wildman–Crippen LogP) is 5.68. The zero-order valence-corrected chi connectivity index (χ0v) is 20.6. The molecule has 0 aliphatic carbocycles. The Labute approximate surface area is 207 Å². The maximum atomic E-state index is 13.3. The van der Waals surface area contributed by atoms with E-state index in [0.717, 1.165) is 0 Å². The fraction of sp³-hybridized carbons (Fsp3) is 0.167. The summed E-state index contributed by atoms with van der Waals surface area (Å²) in [6.07, 6.45) is 3.15. The predicted molar refractivity (Wildman–Crippen MR) is 133 cm³/mol. The highest BCUT2D eigenvalue weighted by Gasteiger charge is 2.25. The number of halogens is 2. The van der Waals surface area contributed by atoms with E-state index in [4.69, 9.17) is 23.2 Å². The number of rotatable bonds is 6. The molecule has 10 heteroatoms. The minimum Gasteiger partial charge on any atom is -0.321 e. The van der Waals surface area contributed by atoms with Crippen LogP contribution >= 0.6 is 23.2 Å². The molecule has 0 aliphatic heterocycles. The lowest BCUT2D eigenvalue weighted by molar-refractivity contribution is 0.102. The van der Waals surface area contributed by atoms with Crippen molar-refractivity contribution in [2.75, 3.05) is 5.32 Å². The molecular formula is C24H20Cl2N4O3S. The Bertz CT molecular complexity index is 1480. The quantitative estimate of drug-likeness (QED) is 0.355. The van der Waals surface area contributed by atoms with Gasteiger partial charge in [-0.25, -0.2) is 18.4 Å². The van der Waals surface area contributed by atoms with Crippen LogP contribution in [0, 0.1) is 0 Å². The monoisotopic (exact) mass is 514 g/mol. The highest BCUT2D eigenvalue weighted by atomic mass is 35.5. The van der Waals surface area contributed by atoms with E-state index in [1.165, 1.54) is 12.3 Å². The standard InChI is InChI=1S/C24H20Cl2N4O3S/c1-14(2)22-24(30-21-11-19(26)18(25)10-20(21)29-22)34(32,33)13-15-5-7-16(8-6-15)23(31)28-17-4-3-9-27-12-17/h3-12,14H,13H2,1-2H3,(H,28,31). The van der Waals surface area contributed by atoms with Gasteiger partial charge in [-0.05, 0) is 47.9 Å². The molecule has 0 aliphatic rings. The lowest BCUT2D eigenvalue weighted by Crippen LogP contribution is -2.14. The summed E-state index contributed by atoms with van der Waals surface area (Å²) in [6, 6.07) is 12.9. The fourth-order valence-electron chi connectivity index (χ4n) is 3.33. The average molecular weight is 515 g/mol. The van der Waals surface area contributed by atoms with Gasteiger partial charge in [0.25, 0.3) is 5.91 Å². The van der Waals surface area contributed by atoms with Gasteiger partial charge in [0.2, 0.25) is 9.84 Å². The lowest BCUT2D eigenvalue weighted by atomic mass is 10.1. The molecule has 1 amide bonds. The molecular weight excluding hydrogens is 495 g/mol. The second-order valence-electron chi connectivity index (χ2n) is 7.98. The highest BCUT2D eigenvalue weighted by Crippen LogP contribution is 2.30. The molecule has 0 bridgehead atoms. The van der Waals surface area contributed by atoms with Crippen molar-refractivity contribution in [2.24, 2.45) is 0 Å². The Morgan fingerprint density at radius 3 is 2.24 bits per heavy atom. The lowest BCUT2D eigenvalue weighted by Gasteiger charge is -2.14. The zero-order chi connectivity index (χ0) is 24.5. The molecule has 7 nitrogen and oxygen atoms in total. The second-order valence-corrected chi connectivity index (χ2v) is 10.7. The smallest absolute Gasteiger partial charge is 0.255 e. The Morgan fingerprint density at radius 1 is 1.00 bits per heavy atom. The van der Waals surface area contributed by atoms with Gasteiger partial charge in [-0.1, -0.05) is 49.2 Å². The zero-order valence-electron chi connectivity index (χ0n) is 18.3.